The molecule has 0 aromatic heterocycles. The number of hydrogen-bond acceptors (Lipinski definition) is 2. The van der Waals surface area contributed by atoms with Gasteiger partial charge in [0.15, 0.2) is 0 Å². The molecule has 0 radical (unpaired) electrons. The smallest absolute Gasteiger partial charge is 0.127 e. The van der Waals surface area contributed by atoms with Gasteiger partial charge in [-0.3, -0.25) is 0 Å². The first-order valence-corrected chi connectivity index (χ1v) is 3.89. The van der Waals surface area contributed by atoms with Crippen LogP contribution in [-0.4, -0.2) is 0 Å². The predicted octanol–water partition coefficient (Wildman–Crippen LogP) is 1.30. The fourth-order valence-electron chi connectivity index (χ4n) is 1.03. The van der Waals surface area contributed by atoms with E-state index >= 15 is 0 Å². The summed E-state index contributed by atoms with van der Waals surface area (Å²) in [6.45, 7) is 2.07. The van der Waals surface area contributed by atoms with E-state index in [1.165, 1.54) is 6.07 Å². The topological polar surface area (TPSA) is 52.0 Å². The van der Waals surface area contributed by atoms with E-state index in [1.54, 1.807) is 12.1 Å². The van der Waals surface area contributed by atoms with Gasteiger partial charge in [-0.15, -0.1) is 0 Å². The second-order valence-electron chi connectivity index (χ2n) is 2.84. The summed E-state index contributed by atoms with van der Waals surface area (Å²) in [6, 6.07) is 4.72. The Labute approximate surface area is 71.4 Å². The highest BCUT2D eigenvalue weighted by Gasteiger charge is 2.04. The van der Waals surface area contributed by atoms with Gasteiger partial charge in [-0.05, 0) is 18.6 Å². The summed E-state index contributed by atoms with van der Waals surface area (Å²) in [5, 5.41) is 0. The van der Waals surface area contributed by atoms with Gasteiger partial charge in [-0.2, -0.15) is 0 Å². The van der Waals surface area contributed by atoms with Gasteiger partial charge in [0, 0.05) is 18.2 Å². The minimum atomic E-state index is -0.262. The number of benzene rings is 1. The minimum absolute atomic E-state index is 0.0732. The van der Waals surface area contributed by atoms with Gasteiger partial charge in [0.05, 0.1) is 0 Å². The van der Waals surface area contributed by atoms with Gasteiger partial charge < -0.3 is 11.5 Å². The Morgan fingerprint density at radius 1 is 1.50 bits per heavy atom. The van der Waals surface area contributed by atoms with Crippen molar-refractivity contribution in [2.45, 2.75) is 19.5 Å². The van der Waals surface area contributed by atoms with Crippen LogP contribution >= 0.6 is 0 Å². The lowest BCUT2D eigenvalue weighted by Gasteiger charge is -2.07. The van der Waals surface area contributed by atoms with Crippen LogP contribution in [0.3, 0.4) is 0 Å². The molecule has 0 fully saturated rings. The highest BCUT2D eigenvalue weighted by Crippen LogP contribution is 2.14. The average Bonchev–Trinajstić information content (AvgIpc) is 2.05. The molecule has 0 aliphatic heterocycles. The molecule has 0 aliphatic rings. The Morgan fingerprint density at radius 3 is 2.67 bits per heavy atom. The molecule has 1 aromatic rings. The zero-order chi connectivity index (χ0) is 9.14. The van der Waals surface area contributed by atoms with E-state index < -0.39 is 0 Å². The first-order valence-electron chi connectivity index (χ1n) is 3.89. The van der Waals surface area contributed by atoms with E-state index in [-0.39, 0.29) is 18.4 Å². The normalized spacial score (nSPS) is 13.0. The van der Waals surface area contributed by atoms with Crippen LogP contribution in [0, 0.1) is 5.82 Å². The molecule has 0 amide bonds. The van der Waals surface area contributed by atoms with Gasteiger partial charge >= 0.3 is 0 Å². The lowest BCUT2D eigenvalue weighted by atomic mass is 10.1. The lowest BCUT2D eigenvalue weighted by Crippen LogP contribution is -2.07. The van der Waals surface area contributed by atoms with Crippen molar-refractivity contribution in [2.75, 3.05) is 0 Å². The molecule has 4 N–H and O–H groups in total. The molecule has 0 saturated heterocycles. The number of rotatable bonds is 2. The van der Waals surface area contributed by atoms with E-state index in [9.17, 15) is 4.39 Å². The van der Waals surface area contributed by atoms with Crippen LogP contribution < -0.4 is 11.5 Å². The Morgan fingerprint density at radius 2 is 2.17 bits per heavy atom. The number of hydrogen-bond donors (Lipinski definition) is 2. The van der Waals surface area contributed by atoms with Gasteiger partial charge in [0.2, 0.25) is 0 Å². The molecule has 2 nitrogen and oxygen atoms in total. The molecule has 1 rings (SSSR count). The third kappa shape index (κ3) is 1.81. The van der Waals surface area contributed by atoms with Crippen LogP contribution in [0.5, 0.6) is 0 Å². The number of halogens is 1. The van der Waals surface area contributed by atoms with E-state index in [0.29, 0.717) is 5.56 Å². The van der Waals surface area contributed by atoms with Crippen LogP contribution in [0.4, 0.5) is 4.39 Å². The molecule has 0 bridgehead atoms. The minimum Gasteiger partial charge on any atom is -0.326 e. The third-order valence-corrected chi connectivity index (χ3v) is 1.82. The summed E-state index contributed by atoms with van der Waals surface area (Å²) in [6.07, 6.45) is 0. The van der Waals surface area contributed by atoms with Crippen molar-refractivity contribution in [3.8, 4) is 0 Å². The molecule has 0 spiro atoms. The molecular weight excluding hydrogens is 155 g/mol. The maximum Gasteiger partial charge on any atom is 0.127 e. The van der Waals surface area contributed by atoms with Crippen molar-refractivity contribution in [1.82, 2.24) is 0 Å². The van der Waals surface area contributed by atoms with E-state index in [1.807, 2.05) is 6.92 Å². The Bertz CT molecular complexity index is 271. The van der Waals surface area contributed by atoms with Crippen LogP contribution in [0.1, 0.15) is 24.1 Å². The SMILES string of the molecule is CC(N)c1ccc(F)c(CN)c1. The second-order valence-corrected chi connectivity index (χ2v) is 2.84. The van der Waals surface area contributed by atoms with Gasteiger partial charge in [-0.1, -0.05) is 12.1 Å². The van der Waals surface area contributed by atoms with Crippen LogP contribution in [-0.2, 0) is 6.54 Å². The number of nitrogens with two attached hydrogens (primary N) is 2. The standard InChI is InChI=1S/C9H13FN2/c1-6(12)7-2-3-9(10)8(4-7)5-11/h2-4,6H,5,11-12H2,1H3. The summed E-state index contributed by atoms with van der Waals surface area (Å²) in [5.74, 6) is -0.262. The molecule has 1 atom stereocenters. The molecule has 0 saturated carbocycles. The molecule has 0 aliphatic carbocycles. The molecule has 3 heteroatoms. The monoisotopic (exact) mass is 168 g/mol. The lowest BCUT2D eigenvalue weighted by molar-refractivity contribution is 0.608. The van der Waals surface area contributed by atoms with Crippen LogP contribution in [0.15, 0.2) is 18.2 Å². The zero-order valence-corrected chi connectivity index (χ0v) is 7.05. The summed E-state index contributed by atoms with van der Waals surface area (Å²) >= 11 is 0. The fraction of sp³-hybridized carbons (Fsp3) is 0.333. The maximum absolute atomic E-state index is 12.9. The highest BCUT2D eigenvalue weighted by molar-refractivity contribution is 5.26. The molecule has 12 heavy (non-hydrogen) atoms. The van der Waals surface area contributed by atoms with Crippen molar-refractivity contribution in [3.63, 3.8) is 0 Å². The Kier molecular flexibility index (Phi) is 2.78. The van der Waals surface area contributed by atoms with Crippen molar-refractivity contribution in [1.29, 1.82) is 0 Å². The van der Waals surface area contributed by atoms with Crippen molar-refractivity contribution < 1.29 is 4.39 Å². The summed E-state index contributed by atoms with van der Waals surface area (Å²) in [5.41, 5.74) is 12.4. The fourth-order valence-corrected chi connectivity index (χ4v) is 1.03. The summed E-state index contributed by atoms with van der Waals surface area (Å²) in [7, 11) is 0. The van der Waals surface area contributed by atoms with E-state index in [0.717, 1.165) is 5.56 Å². The highest BCUT2D eigenvalue weighted by atomic mass is 19.1. The summed E-state index contributed by atoms with van der Waals surface area (Å²) < 4.78 is 12.9. The first-order chi connectivity index (χ1) is 5.65. The molecular formula is C9H13FN2. The Balaban J connectivity index is 3.05. The third-order valence-electron chi connectivity index (χ3n) is 1.82. The largest absolute Gasteiger partial charge is 0.326 e. The molecule has 1 aromatic carbocycles. The van der Waals surface area contributed by atoms with Gasteiger partial charge in [-0.25, -0.2) is 4.39 Å². The summed E-state index contributed by atoms with van der Waals surface area (Å²) in [4.78, 5) is 0. The van der Waals surface area contributed by atoms with Gasteiger partial charge in [0.1, 0.15) is 5.82 Å². The molecule has 0 heterocycles. The van der Waals surface area contributed by atoms with Crippen LogP contribution in [0.25, 0.3) is 0 Å². The first kappa shape index (κ1) is 9.16. The van der Waals surface area contributed by atoms with E-state index in [4.69, 9.17) is 11.5 Å². The van der Waals surface area contributed by atoms with E-state index in [2.05, 4.69) is 0 Å². The maximum atomic E-state index is 12.9. The van der Waals surface area contributed by atoms with Crippen molar-refractivity contribution >= 4 is 0 Å². The molecule has 1 unspecified atom stereocenters. The molecule has 66 valence electrons. The second kappa shape index (κ2) is 3.65. The van der Waals surface area contributed by atoms with Crippen molar-refractivity contribution in [3.05, 3.63) is 35.1 Å². The van der Waals surface area contributed by atoms with Crippen LogP contribution in [0.2, 0.25) is 0 Å². The zero-order valence-electron chi connectivity index (χ0n) is 7.05. The average molecular weight is 168 g/mol. The predicted molar refractivity (Wildman–Crippen MR) is 46.9 cm³/mol. The van der Waals surface area contributed by atoms with Crippen molar-refractivity contribution in [2.24, 2.45) is 11.5 Å². The Hall–Kier alpha value is -0.930. The van der Waals surface area contributed by atoms with Gasteiger partial charge in [0.25, 0.3) is 0 Å². The quantitative estimate of drug-likeness (QED) is 0.699.